The van der Waals surface area contributed by atoms with Gasteiger partial charge in [-0.1, -0.05) is 121 Å². The van der Waals surface area contributed by atoms with Gasteiger partial charge in [0.25, 0.3) is 0 Å². The van der Waals surface area contributed by atoms with Crippen LogP contribution in [-0.4, -0.2) is 14.1 Å². The van der Waals surface area contributed by atoms with Crippen LogP contribution in [0, 0.1) is 0 Å². The van der Waals surface area contributed by atoms with Crippen molar-refractivity contribution in [3.63, 3.8) is 0 Å². The van der Waals surface area contributed by atoms with E-state index < -0.39 is 0 Å². The van der Waals surface area contributed by atoms with Gasteiger partial charge in [0.15, 0.2) is 0 Å². The summed E-state index contributed by atoms with van der Waals surface area (Å²) in [6.45, 7) is 0. The SMILES string of the molecule is C1=CC(c2ccccc2)Cc2c1n(-c1ccc3c(c1)oc1cccc(-c4ccc(-c5nc6ccccc6n5-c5ccccc5)cc4)c13)c1ccccc21. The van der Waals surface area contributed by atoms with Crippen LogP contribution in [-0.2, 0) is 6.42 Å². The number of hydrogen-bond donors (Lipinski definition) is 0. The van der Waals surface area contributed by atoms with E-state index in [2.05, 4.69) is 179 Å². The number of fused-ring (bicyclic) bond motifs is 7. The summed E-state index contributed by atoms with van der Waals surface area (Å²) in [6, 6.07) is 60.2. The molecule has 1 aliphatic rings. The first-order valence-electron chi connectivity index (χ1n) is 18.2. The van der Waals surface area contributed by atoms with Crippen molar-refractivity contribution in [1.29, 1.82) is 0 Å². The molecule has 0 radical (unpaired) electrons. The Morgan fingerprint density at radius 1 is 0.547 bits per heavy atom. The van der Waals surface area contributed by atoms with Crippen molar-refractivity contribution in [3.8, 4) is 33.9 Å². The lowest BCUT2D eigenvalue weighted by atomic mass is 9.87. The van der Waals surface area contributed by atoms with Gasteiger partial charge in [0.05, 0.1) is 16.6 Å². The molecule has 0 bridgehead atoms. The summed E-state index contributed by atoms with van der Waals surface area (Å²) in [5.41, 5.74) is 14.6. The zero-order valence-electron chi connectivity index (χ0n) is 28.9. The largest absolute Gasteiger partial charge is 0.456 e. The zero-order valence-corrected chi connectivity index (χ0v) is 28.9. The lowest BCUT2D eigenvalue weighted by molar-refractivity contribution is 0.668. The lowest BCUT2D eigenvalue weighted by Gasteiger charge is -2.19. The van der Waals surface area contributed by atoms with Crippen molar-refractivity contribution in [2.75, 3.05) is 0 Å². The quantitative estimate of drug-likeness (QED) is 0.181. The van der Waals surface area contributed by atoms with Crippen LogP contribution in [0.2, 0.25) is 0 Å². The average Bonchev–Trinajstić information content (AvgIpc) is 3.91. The van der Waals surface area contributed by atoms with E-state index in [1.807, 2.05) is 12.1 Å². The monoisotopic (exact) mass is 679 g/mol. The molecule has 1 unspecified atom stereocenters. The maximum atomic E-state index is 6.63. The number of benzene rings is 7. The summed E-state index contributed by atoms with van der Waals surface area (Å²) in [4.78, 5) is 5.08. The van der Waals surface area contributed by atoms with Gasteiger partial charge in [-0.15, -0.1) is 0 Å². The Balaban J connectivity index is 0.998. The molecule has 0 N–H and O–H groups in total. The molecule has 3 heterocycles. The average molecular weight is 680 g/mol. The van der Waals surface area contributed by atoms with Gasteiger partial charge in [-0.25, -0.2) is 4.98 Å². The second kappa shape index (κ2) is 11.8. The van der Waals surface area contributed by atoms with Crippen molar-refractivity contribution in [2.24, 2.45) is 0 Å². The topological polar surface area (TPSA) is 35.9 Å². The third-order valence-electron chi connectivity index (χ3n) is 10.9. The van der Waals surface area contributed by atoms with Crippen LogP contribution in [0.5, 0.6) is 0 Å². The van der Waals surface area contributed by atoms with Gasteiger partial charge in [-0.2, -0.15) is 0 Å². The number of hydrogen-bond acceptors (Lipinski definition) is 2. The van der Waals surface area contributed by atoms with Gasteiger partial charge in [0.1, 0.15) is 17.0 Å². The van der Waals surface area contributed by atoms with Crippen LogP contribution in [0.15, 0.2) is 180 Å². The van der Waals surface area contributed by atoms with Crippen molar-refractivity contribution in [1.82, 2.24) is 14.1 Å². The van der Waals surface area contributed by atoms with E-state index in [4.69, 9.17) is 9.40 Å². The standard InChI is InChI=1S/C49H33N3O/c1-3-12-32(13-4-1)35-26-29-44-41(30-35)39-16-7-9-19-43(39)51(44)37-27-28-40-47(31-37)53-46-21-11-17-38(48(40)46)33-22-24-34(25-23-33)49-50-42-18-8-10-20-45(42)52(49)36-14-5-2-6-15-36/h1-29,31,35H,30H2. The number of imidazole rings is 1. The third kappa shape index (κ3) is 4.73. The summed E-state index contributed by atoms with van der Waals surface area (Å²) in [5.74, 6) is 1.28. The summed E-state index contributed by atoms with van der Waals surface area (Å²) < 4.78 is 11.3. The summed E-state index contributed by atoms with van der Waals surface area (Å²) >= 11 is 0. The van der Waals surface area contributed by atoms with E-state index >= 15 is 0 Å². The third-order valence-corrected chi connectivity index (χ3v) is 10.9. The number of furan rings is 1. The minimum Gasteiger partial charge on any atom is -0.456 e. The molecule has 11 rings (SSSR count). The molecule has 10 aromatic rings. The van der Waals surface area contributed by atoms with Gasteiger partial charge in [-0.3, -0.25) is 4.57 Å². The molecular weight excluding hydrogens is 647 g/mol. The second-order valence-corrected chi connectivity index (χ2v) is 13.9. The summed E-state index contributed by atoms with van der Waals surface area (Å²) in [6.07, 6.45) is 5.65. The number of nitrogens with zero attached hydrogens (tertiary/aromatic N) is 3. The molecule has 0 saturated heterocycles. The maximum Gasteiger partial charge on any atom is 0.145 e. The Morgan fingerprint density at radius 2 is 1.28 bits per heavy atom. The Hall–Kier alpha value is -6.91. The second-order valence-electron chi connectivity index (χ2n) is 13.9. The van der Waals surface area contributed by atoms with Gasteiger partial charge in [0.2, 0.25) is 0 Å². The van der Waals surface area contributed by atoms with E-state index in [9.17, 15) is 0 Å². The van der Waals surface area contributed by atoms with E-state index in [-0.39, 0.29) is 0 Å². The smallest absolute Gasteiger partial charge is 0.145 e. The highest BCUT2D eigenvalue weighted by atomic mass is 16.3. The molecule has 4 nitrogen and oxygen atoms in total. The fraction of sp³-hybridized carbons (Fsp3) is 0.0408. The molecule has 0 spiro atoms. The Labute approximate surface area is 306 Å². The Morgan fingerprint density at radius 3 is 2.13 bits per heavy atom. The highest BCUT2D eigenvalue weighted by Gasteiger charge is 2.24. The van der Waals surface area contributed by atoms with E-state index in [1.165, 1.54) is 27.7 Å². The highest BCUT2D eigenvalue weighted by molar-refractivity contribution is 6.13. The molecule has 0 fully saturated rings. The van der Waals surface area contributed by atoms with Gasteiger partial charge in [0, 0.05) is 50.8 Å². The fourth-order valence-corrected chi connectivity index (χ4v) is 8.47. The van der Waals surface area contributed by atoms with Crippen LogP contribution in [0.25, 0.3) is 83.8 Å². The molecule has 0 saturated carbocycles. The molecular formula is C49H33N3O. The van der Waals surface area contributed by atoms with Gasteiger partial charge in [-0.05, 0) is 83.3 Å². The fourth-order valence-electron chi connectivity index (χ4n) is 8.47. The van der Waals surface area contributed by atoms with Crippen molar-refractivity contribution in [3.05, 3.63) is 193 Å². The first kappa shape index (κ1) is 29.8. The van der Waals surface area contributed by atoms with Crippen LogP contribution < -0.4 is 0 Å². The molecule has 7 aromatic carbocycles. The van der Waals surface area contributed by atoms with Crippen molar-refractivity contribution in [2.45, 2.75) is 12.3 Å². The van der Waals surface area contributed by atoms with Crippen LogP contribution >= 0.6 is 0 Å². The molecule has 4 heteroatoms. The van der Waals surface area contributed by atoms with Crippen LogP contribution in [0.4, 0.5) is 0 Å². The van der Waals surface area contributed by atoms with E-state index in [0.717, 1.165) is 73.3 Å². The zero-order chi connectivity index (χ0) is 34.9. The molecule has 0 amide bonds. The van der Waals surface area contributed by atoms with Crippen LogP contribution in [0.1, 0.15) is 22.7 Å². The molecule has 0 aliphatic heterocycles. The summed E-state index contributed by atoms with van der Waals surface area (Å²) in [7, 11) is 0. The van der Waals surface area contributed by atoms with E-state index in [1.54, 1.807) is 0 Å². The predicted molar refractivity (Wildman–Crippen MR) is 218 cm³/mol. The van der Waals surface area contributed by atoms with Gasteiger partial charge < -0.3 is 8.98 Å². The summed E-state index contributed by atoms with van der Waals surface area (Å²) in [5, 5.41) is 3.55. The number of rotatable bonds is 5. The molecule has 250 valence electrons. The highest BCUT2D eigenvalue weighted by Crippen LogP contribution is 2.41. The van der Waals surface area contributed by atoms with Crippen molar-refractivity contribution >= 4 is 50.0 Å². The Kier molecular flexibility index (Phi) is 6.65. The first-order valence-corrected chi connectivity index (χ1v) is 18.2. The number of para-hydroxylation sites is 4. The first-order chi connectivity index (χ1) is 26.3. The number of allylic oxidation sites excluding steroid dienone is 1. The molecule has 1 atom stereocenters. The van der Waals surface area contributed by atoms with Gasteiger partial charge >= 0.3 is 0 Å². The predicted octanol–water partition coefficient (Wildman–Crippen LogP) is 12.6. The lowest BCUT2D eigenvalue weighted by Crippen LogP contribution is -2.07. The van der Waals surface area contributed by atoms with Crippen molar-refractivity contribution < 1.29 is 4.42 Å². The molecule has 53 heavy (non-hydrogen) atoms. The normalized spacial score (nSPS) is 14.1. The molecule has 3 aromatic heterocycles. The molecule has 1 aliphatic carbocycles. The van der Waals surface area contributed by atoms with E-state index in [0.29, 0.717) is 5.92 Å². The number of aromatic nitrogens is 3. The Bertz CT molecular complexity index is 3020. The minimum absolute atomic E-state index is 0.360. The minimum atomic E-state index is 0.360. The maximum absolute atomic E-state index is 6.63. The van der Waals surface area contributed by atoms with Crippen LogP contribution in [0.3, 0.4) is 0 Å².